The van der Waals surface area contributed by atoms with Crippen molar-refractivity contribution < 1.29 is 17.9 Å². The van der Waals surface area contributed by atoms with E-state index in [9.17, 15) is 8.42 Å². The second kappa shape index (κ2) is 6.61. The zero-order valence-corrected chi connectivity index (χ0v) is 11.7. The highest BCUT2D eigenvalue weighted by molar-refractivity contribution is 7.93. The van der Waals surface area contributed by atoms with Crippen molar-refractivity contribution in [2.45, 2.75) is 19.1 Å². The Hall–Kier alpha value is -1.27. The minimum absolute atomic E-state index is 0.427. The minimum Gasteiger partial charge on any atom is -0.491 e. The first kappa shape index (κ1) is 14.8. The lowest BCUT2D eigenvalue weighted by Gasteiger charge is -2.12. The van der Waals surface area contributed by atoms with E-state index >= 15 is 0 Å². The Balaban J connectivity index is 2.71. The predicted molar refractivity (Wildman–Crippen MR) is 71.5 cm³/mol. The number of hydrogen-bond donors (Lipinski definition) is 1. The number of ether oxygens (including phenoxy) is 2. The Morgan fingerprint density at radius 2 is 2.00 bits per heavy atom. The molecule has 0 saturated heterocycles. The summed E-state index contributed by atoms with van der Waals surface area (Å²) in [6.07, 6.45) is 0. The fourth-order valence-corrected chi connectivity index (χ4v) is 1.87. The van der Waals surface area contributed by atoms with Gasteiger partial charge in [-0.3, -0.25) is 4.72 Å². The standard InChI is InChI=1S/C12H19NO4S/c1-10(2)18(14,15)13-11-5-4-6-12(9-11)17-8-7-16-3/h4-6,9-10,13H,7-8H2,1-3H3. The molecular weight excluding hydrogens is 254 g/mol. The number of sulfonamides is 1. The fourth-order valence-electron chi connectivity index (χ4n) is 1.17. The van der Waals surface area contributed by atoms with Crippen molar-refractivity contribution in [1.29, 1.82) is 0 Å². The molecule has 0 amide bonds. The molecule has 0 bridgehead atoms. The molecule has 0 spiro atoms. The third-order valence-electron chi connectivity index (χ3n) is 2.27. The third kappa shape index (κ3) is 4.54. The van der Waals surface area contributed by atoms with E-state index in [1.807, 2.05) is 0 Å². The average molecular weight is 273 g/mol. The maximum Gasteiger partial charge on any atom is 0.235 e. The third-order valence-corrected chi connectivity index (χ3v) is 4.03. The van der Waals surface area contributed by atoms with Crippen LogP contribution in [0.1, 0.15) is 13.8 Å². The van der Waals surface area contributed by atoms with Crippen molar-refractivity contribution in [3.63, 3.8) is 0 Å². The van der Waals surface area contributed by atoms with E-state index in [0.29, 0.717) is 24.7 Å². The largest absolute Gasteiger partial charge is 0.491 e. The molecule has 0 heterocycles. The van der Waals surface area contributed by atoms with Gasteiger partial charge >= 0.3 is 0 Å². The van der Waals surface area contributed by atoms with E-state index in [0.717, 1.165) is 0 Å². The van der Waals surface area contributed by atoms with E-state index in [1.165, 1.54) is 0 Å². The zero-order chi connectivity index (χ0) is 13.6. The highest BCUT2D eigenvalue weighted by Gasteiger charge is 2.15. The van der Waals surface area contributed by atoms with Crippen LogP contribution in [0.5, 0.6) is 5.75 Å². The van der Waals surface area contributed by atoms with Crippen molar-refractivity contribution >= 4 is 15.7 Å². The molecule has 0 fully saturated rings. The molecule has 1 aromatic carbocycles. The quantitative estimate of drug-likeness (QED) is 0.770. The summed E-state index contributed by atoms with van der Waals surface area (Å²) in [4.78, 5) is 0. The highest BCUT2D eigenvalue weighted by Crippen LogP contribution is 2.19. The van der Waals surface area contributed by atoms with Gasteiger partial charge in [-0.05, 0) is 26.0 Å². The average Bonchev–Trinajstić information content (AvgIpc) is 2.29. The van der Waals surface area contributed by atoms with Crippen LogP contribution in [0, 0.1) is 0 Å². The van der Waals surface area contributed by atoms with Crippen molar-refractivity contribution in [1.82, 2.24) is 0 Å². The van der Waals surface area contributed by atoms with Gasteiger partial charge in [-0.1, -0.05) is 6.07 Å². The molecule has 1 rings (SSSR count). The molecule has 0 unspecified atom stereocenters. The Kier molecular flexibility index (Phi) is 5.43. The first-order chi connectivity index (χ1) is 8.45. The number of nitrogens with one attached hydrogen (secondary N) is 1. The SMILES string of the molecule is COCCOc1cccc(NS(=O)(=O)C(C)C)c1. The van der Waals surface area contributed by atoms with Crippen LogP contribution in [0.25, 0.3) is 0 Å². The summed E-state index contributed by atoms with van der Waals surface area (Å²) in [6.45, 7) is 4.17. The molecule has 0 aliphatic heterocycles. The van der Waals surface area contributed by atoms with Gasteiger partial charge < -0.3 is 9.47 Å². The van der Waals surface area contributed by atoms with Crippen molar-refractivity contribution in [2.75, 3.05) is 25.0 Å². The van der Waals surface area contributed by atoms with Crippen LogP contribution < -0.4 is 9.46 Å². The Labute approximate surface area is 108 Å². The van der Waals surface area contributed by atoms with Gasteiger partial charge in [0.15, 0.2) is 0 Å². The van der Waals surface area contributed by atoms with E-state index in [-0.39, 0.29) is 0 Å². The minimum atomic E-state index is -3.32. The Bertz CT molecular complexity index is 471. The molecule has 18 heavy (non-hydrogen) atoms. The summed E-state index contributed by atoms with van der Waals surface area (Å²) in [5, 5.41) is -0.476. The summed E-state index contributed by atoms with van der Waals surface area (Å²) < 4.78 is 36.2. The van der Waals surface area contributed by atoms with Crippen LogP contribution in [0.4, 0.5) is 5.69 Å². The van der Waals surface area contributed by atoms with Crippen LogP contribution in [-0.4, -0.2) is 34.0 Å². The summed E-state index contributed by atoms with van der Waals surface area (Å²) in [7, 11) is -1.73. The zero-order valence-electron chi connectivity index (χ0n) is 10.8. The maximum atomic E-state index is 11.7. The lowest BCUT2D eigenvalue weighted by molar-refractivity contribution is 0.146. The topological polar surface area (TPSA) is 64.6 Å². The molecule has 0 aliphatic carbocycles. The van der Waals surface area contributed by atoms with Gasteiger partial charge in [0.2, 0.25) is 10.0 Å². The molecule has 0 aliphatic rings. The second-order valence-corrected chi connectivity index (χ2v) is 6.30. The molecule has 102 valence electrons. The van der Waals surface area contributed by atoms with Crippen LogP contribution in [0.3, 0.4) is 0 Å². The van der Waals surface area contributed by atoms with Gasteiger partial charge in [-0.25, -0.2) is 8.42 Å². The summed E-state index contributed by atoms with van der Waals surface area (Å²) in [5.41, 5.74) is 0.499. The van der Waals surface area contributed by atoms with E-state index in [4.69, 9.17) is 9.47 Å². The monoisotopic (exact) mass is 273 g/mol. The number of methoxy groups -OCH3 is 1. The normalized spacial score (nSPS) is 11.6. The summed E-state index contributed by atoms with van der Waals surface area (Å²) >= 11 is 0. The number of hydrogen-bond acceptors (Lipinski definition) is 4. The molecule has 0 atom stereocenters. The Morgan fingerprint density at radius 3 is 2.61 bits per heavy atom. The van der Waals surface area contributed by atoms with Gasteiger partial charge in [-0.2, -0.15) is 0 Å². The van der Waals surface area contributed by atoms with Crippen LogP contribution >= 0.6 is 0 Å². The molecular formula is C12H19NO4S. The van der Waals surface area contributed by atoms with Crippen molar-refractivity contribution in [3.8, 4) is 5.75 Å². The number of benzene rings is 1. The highest BCUT2D eigenvalue weighted by atomic mass is 32.2. The van der Waals surface area contributed by atoms with Gasteiger partial charge in [0.25, 0.3) is 0 Å². The van der Waals surface area contributed by atoms with Crippen molar-refractivity contribution in [3.05, 3.63) is 24.3 Å². The lowest BCUT2D eigenvalue weighted by atomic mass is 10.3. The van der Waals surface area contributed by atoms with Crippen molar-refractivity contribution in [2.24, 2.45) is 0 Å². The lowest BCUT2D eigenvalue weighted by Crippen LogP contribution is -2.22. The second-order valence-electron chi connectivity index (χ2n) is 4.06. The first-order valence-electron chi connectivity index (χ1n) is 5.69. The predicted octanol–water partition coefficient (Wildman–Crippen LogP) is 1.86. The number of rotatable bonds is 7. The van der Waals surface area contributed by atoms with Crippen LogP contribution in [-0.2, 0) is 14.8 Å². The molecule has 0 aromatic heterocycles. The van der Waals surface area contributed by atoms with Gasteiger partial charge in [0.05, 0.1) is 17.5 Å². The molecule has 6 heteroatoms. The molecule has 0 radical (unpaired) electrons. The molecule has 1 aromatic rings. The summed E-state index contributed by atoms with van der Waals surface area (Å²) in [6, 6.07) is 6.84. The van der Waals surface area contributed by atoms with Crippen LogP contribution in [0.2, 0.25) is 0 Å². The van der Waals surface area contributed by atoms with Gasteiger partial charge in [-0.15, -0.1) is 0 Å². The molecule has 5 nitrogen and oxygen atoms in total. The van der Waals surface area contributed by atoms with Crippen LogP contribution in [0.15, 0.2) is 24.3 Å². The maximum absolute atomic E-state index is 11.7. The van der Waals surface area contributed by atoms with E-state index < -0.39 is 15.3 Å². The Morgan fingerprint density at radius 1 is 1.28 bits per heavy atom. The first-order valence-corrected chi connectivity index (χ1v) is 7.24. The van der Waals surface area contributed by atoms with E-state index in [2.05, 4.69) is 4.72 Å². The van der Waals surface area contributed by atoms with Gasteiger partial charge in [0.1, 0.15) is 12.4 Å². The van der Waals surface area contributed by atoms with E-state index in [1.54, 1.807) is 45.2 Å². The fraction of sp³-hybridized carbons (Fsp3) is 0.500. The smallest absolute Gasteiger partial charge is 0.235 e. The summed E-state index contributed by atoms with van der Waals surface area (Å²) in [5.74, 6) is 0.607. The number of anilines is 1. The molecule has 1 N–H and O–H groups in total. The van der Waals surface area contributed by atoms with Gasteiger partial charge in [0, 0.05) is 13.2 Å². The molecule has 0 saturated carbocycles.